The fourth-order valence-corrected chi connectivity index (χ4v) is 5.42. The van der Waals surface area contributed by atoms with Crippen molar-refractivity contribution < 1.29 is 0 Å². The molecule has 3 N–H and O–H groups in total. The maximum Gasteiger partial charge on any atom is 0.332 e. The molecule has 2 heterocycles. The second-order valence-corrected chi connectivity index (χ2v) is 10.3. The molecule has 4 aromatic rings. The number of halogens is 1. The van der Waals surface area contributed by atoms with Crippen LogP contribution >= 0.6 is 15.9 Å². The number of imidazole rings is 1. The Bertz CT molecular complexity index is 1630. The van der Waals surface area contributed by atoms with Crippen molar-refractivity contribution in [2.75, 3.05) is 5.32 Å². The van der Waals surface area contributed by atoms with E-state index in [0.717, 1.165) is 35.7 Å². The number of fused-ring (bicyclic) bond motifs is 1. The predicted octanol–water partition coefficient (Wildman–Crippen LogP) is 3.31. The summed E-state index contributed by atoms with van der Waals surface area (Å²) in [6.07, 6.45) is 3.99. The molecule has 10 heteroatoms. The molecule has 1 saturated carbocycles. The Labute approximate surface area is 222 Å². The van der Waals surface area contributed by atoms with Gasteiger partial charge in [0.1, 0.15) is 0 Å². The van der Waals surface area contributed by atoms with Gasteiger partial charge >= 0.3 is 5.69 Å². The summed E-state index contributed by atoms with van der Waals surface area (Å²) >= 11 is 3.61. The van der Waals surface area contributed by atoms with Gasteiger partial charge in [0, 0.05) is 23.6 Å². The van der Waals surface area contributed by atoms with Gasteiger partial charge in [-0.25, -0.2) is 4.79 Å². The molecule has 2 aromatic heterocycles. The molecule has 0 aliphatic heterocycles. The second kappa shape index (κ2) is 10.4. The van der Waals surface area contributed by atoms with E-state index < -0.39 is 11.2 Å². The Morgan fingerprint density at radius 3 is 2.46 bits per heavy atom. The molecule has 0 radical (unpaired) electrons. The third kappa shape index (κ3) is 4.72. The number of nitriles is 1. The second-order valence-electron chi connectivity index (χ2n) is 9.49. The van der Waals surface area contributed by atoms with E-state index in [0.29, 0.717) is 34.8 Å². The van der Waals surface area contributed by atoms with Crippen LogP contribution in [0.4, 0.5) is 5.95 Å². The summed E-state index contributed by atoms with van der Waals surface area (Å²) in [5.74, 6) is 0.510. The molecule has 1 aliphatic rings. The summed E-state index contributed by atoms with van der Waals surface area (Å²) < 4.78 is 5.32. The van der Waals surface area contributed by atoms with Crippen LogP contribution < -0.4 is 22.3 Å². The summed E-state index contributed by atoms with van der Waals surface area (Å²) in [6, 6.07) is 16.9. The molecule has 37 heavy (non-hydrogen) atoms. The summed E-state index contributed by atoms with van der Waals surface area (Å²) in [5, 5.41) is 13.0. The van der Waals surface area contributed by atoms with E-state index >= 15 is 0 Å². The largest absolute Gasteiger partial charge is 0.351 e. The molecule has 2 aromatic carbocycles. The monoisotopic (exact) mass is 561 g/mol. The van der Waals surface area contributed by atoms with Crippen LogP contribution in [0, 0.1) is 11.3 Å². The molecular formula is C27H28BrN7O2. The number of nitrogens with one attached hydrogen (secondary N) is 1. The predicted molar refractivity (Wildman–Crippen MR) is 147 cm³/mol. The molecule has 1 fully saturated rings. The van der Waals surface area contributed by atoms with Crippen molar-refractivity contribution in [3.05, 3.63) is 90.5 Å². The van der Waals surface area contributed by atoms with Gasteiger partial charge < -0.3 is 11.1 Å². The Morgan fingerprint density at radius 2 is 1.73 bits per heavy atom. The van der Waals surface area contributed by atoms with E-state index in [4.69, 9.17) is 10.7 Å². The van der Waals surface area contributed by atoms with Gasteiger partial charge in [-0.1, -0.05) is 65.2 Å². The molecule has 0 bridgehead atoms. The first-order chi connectivity index (χ1) is 17.9. The van der Waals surface area contributed by atoms with Gasteiger partial charge in [-0.05, 0) is 36.1 Å². The average Bonchev–Trinajstić information content (AvgIpc) is 3.26. The standard InChI is InChI=1S/C27H28BrN7O2/c1-33-24-23(25(36)35(27(33)37)15-18-9-3-2-8-17(18)14-29)34(16-19-10-4-5-11-20(19)28)26(32-24)31-22-13-7-6-12-21(22)30/h2-5,8-11,21-22H,6-7,12-13,15-16,30H2,1H3,(H,31,32)/t21?,22-/m0/s1. The Morgan fingerprint density at radius 1 is 1.05 bits per heavy atom. The van der Waals surface area contributed by atoms with Crippen LogP contribution in [0.3, 0.4) is 0 Å². The maximum absolute atomic E-state index is 13.9. The minimum absolute atomic E-state index is 0.0122. The number of rotatable bonds is 6. The summed E-state index contributed by atoms with van der Waals surface area (Å²) in [7, 11) is 1.61. The Hall–Kier alpha value is -3.68. The van der Waals surface area contributed by atoms with Gasteiger partial charge in [-0.2, -0.15) is 10.2 Å². The molecule has 9 nitrogen and oxygen atoms in total. The first kappa shape index (κ1) is 25.0. The molecule has 1 aliphatic carbocycles. The van der Waals surface area contributed by atoms with E-state index in [2.05, 4.69) is 27.3 Å². The number of aromatic nitrogens is 4. The number of hydrogen-bond acceptors (Lipinski definition) is 6. The Balaban J connectivity index is 1.70. The van der Waals surface area contributed by atoms with E-state index in [-0.39, 0.29) is 18.6 Å². The zero-order chi connectivity index (χ0) is 26.1. The number of benzene rings is 2. The van der Waals surface area contributed by atoms with E-state index in [9.17, 15) is 14.9 Å². The lowest BCUT2D eigenvalue weighted by molar-refractivity contribution is 0.401. The van der Waals surface area contributed by atoms with Gasteiger partial charge in [0.15, 0.2) is 11.2 Å². The topological polar surface area (TPSA) is 124 Å². The Kier molecular flexibility index (Phi) is 7.00. The van der Waals surface area contributed by atoms with Crippen molar-refractivity contribution in [2.24, 2.45) is 12.8 Å². The van der Waals surface area contributed by atoms with Crippen molar-refractivity contribution >= 4 is 33.0 Å². The summed E-state index contributed by atoms with van der Waals surface area (Å²) in [5.41, 5.74) is 8.09. The van der Waals surface area contributed by atoms with E-state index in [1.165, 1.54) is 9.13 Å². The molecule has 0 amide bonds. The maximum atomic E-state index is 13.9. The fourth-order valence-electron chi connectivity index (χ4n) is 5.01. The van der Waals surface area contributed by atoms with Crippen molar-refractivity contribution in [3.8, 4) is 6.07 Å². The van der Waals surface area contributed by atoms with Gasteiger partial charge in [-0.3, -0.25) is 18.5 Å². The lowest BCUT2D eigenvalue weighted by Gasteiger charge is -2.29. The number of hydrogen-bond donors (Lipinski definition) is 2. The van der Waals surface area contributed by atoms with E-state index in [1.807, 2.05) is 28.8 Å². The van der Waals surface area contributed by atoms with Crippen molar-refractivity contribution in [3.63, 3.8) is 0 Å². The van der Waals surface area contributed by atoms with Gasteiger partial charge in [0.05, 0.1) is 24.7 Å². The van der Waals surface area contributed by atoms with E-state index in [1.54, 1.807) is 31.3 Å². The minimum atomic E-state index is -0.489. The third-order valence-electron chi connectivity index (χ3n) is 7.12. The highest BCUT2D eigenvalue weighted by atomic mass is 79.9. The lowest BCUT2D eigenvalue weighted by Crippen LogP contribution is -2.43. The first-order valence-corrected chi connectivity index (χ1v) is 13.1. The number of nitrogens with zero attached hydrogens (tertiary/aromatic N) is 5. The van der Waals surface area contributed by atoms with Crippen LogP contribution in [0.25, 0.3) is 11.2 Å². The third-order valence-corrected chi connectivity index (χ3v) is 7.89. The van der Waals surface area contributed by atoms with Crippen molar-refractivity contribution in [2.45, 2.75) is 50.9 Å². The normalized spacial score (nSPS) is 17.6. The van der Waals surface area contributed by atoms with Gasteiger partial charge in [0.25, 0.3) is 5.56 Å². The fraction of sp³-hybridized carbons (Fsp3) is 0.333. The summed E-state index contributed by atoms with van der Waals surface area (Å²) in [6.45, 7) is 0.353. The lowest BCUT2D eigenvalue weighted by atomic mass is 9.91. The van der Waals surface area contributed by atoms with Crippen LogP contribution in [0.5, 0.6) is 0 Å². The average molecular weight is 562 g/mol. The number of aryl methyl sites for hydroxylation is 1. The highest BCUT2D eigenvalue weighted by Crippen LogP contribution is 2.26. The van der Waals surface area contributed by atoms with Crippen LogP contribution in [-0.4, -0.2) is 30.8 Å². The number of anilines is 1. The first-order valence-electron chi connectivity index (χ1n) is 12.3. The van der Waals surface area contributed by atoms with Crippen LogP contribution in [0.2, 0.25) is 0 Å². The number of nitrogens with two attached hydrogens (primary N) is 1. The minimum Gasteiger partial charge on any atom is -0.351 e. The zero-order valence-electron chi connectivity index (χ0n) is 20.5. The highest BCUT2D eigenvalue weighted by molar-refractivity contribution is 9.10. The van der Waals surface area contributed by atoms with Crippen LogP contribution in [0.1, 0.15) is 42.4 Å². The summed E-state index contributed by atoms with van der Waals surface area (Å²) in [4.78, 5) is 32.0. The SMILES string of the molecule is Cn1c(=O)n(Cc2ccccc2C#N)c(=O)c2c1nc(N[C@H]1CCCCC1N)n2Cc1ccccc1Br. The van der Waals surface area contributed by atoms with Crippen molar-refractivity contribution in [1.82, 2.24) is 18.7 Å². The molecule has 190 valence electrons. The molecular weight excluding hydrogens is 534 g/mol. The van der Waals surface area contributed by atoms with Gasteiger partial charge in [0.2, 0.25) is 5.95 Å². The van der Waals surface area contributed by atoms with Crippen LogP contribution in [-0.2, 0) is 20.1 Å². The quantitative estimate of drug-likeness (QED) is 0.372. The van der Waals surface area contributed by atoms with Crippen molar-refractivity contribution in [1.29, 1.82) is 5.26 Å². The highest BCUT2D eigenvalue weighted by Gasteiger charge is 2.26. The molecule has 0 saturated heterocycles. The zero-order valence-corrected chi connectivity index (χ0v) is 22.1. The molecule has 0 spiro atoms. The molecule has 2 atom stereocenters. The van der Waals surface area contributed by atoms with Gasteiger partial charge in [-0.15, -0.1) is 0 Å². The van der Waals surface area contributed by atoms with Crippen LogP contribution in [0.15, 0.2) is 62.6 Å². The molecule has 5 rings (SSSR count). The molecule has 1 unspecified atom stereocenters. The smallest absolute Gasteiger partial charge is 0.332 e.